The molecule has 3 heteroatoms. The van der Waals surface area contributed by atoms with E-state index in [0.717, 1.165) is 19.6 Å². The van der Waals surface area contributed by atoms with E-state index in [1.165, 1.54) is 17.7 Å². The quantitative estimate of drug-likeness (QED) is 0.676. The van der Waals surface area contributed by atoms with Gasteiger partial charge in [0.15, 0.2) is 0 Å². The molecule has 0 fully saturated rings. The molecule has 0 atom stereocenters. The molecular formula is C11H19N3. The lowest BCUT2D eigenvalue weighted by Crippen LogP contribution is -2.22. The molecule has 0 aliphatic carbocycles. The molecular weight excluding hydrogens is 174 g/mol. The summed E-state index contributed by atoms with van der Waals surface area (Å²) in [5.41, 5.74) is 2.38. The zero-order chi connectivity index (χ0) is 10.2. The third-order valence-corrected chi connectivity index (χ3v) is 2.06. The van der Waals surface area contributed by atoms with Crippen molar-refractivity contribution < 1.29 is 0 Å². The predicted octanol–water partition coefficient (Wildman–Crippen LogP) is 1.80. The van der Waals surface area contributed by atoms with E-state index in [0.29, 0.717) is 0 Å². The smallest absolute Gasteiger partial charge is 0.0401 e. The average molecular weight is 193 g/mol. The minimum absolute atomic E-state index is 0.963. The summed E-state index contributed by atoms with van der Waals surface area (Å²) < 4.78 is 0. The molecule has 1 heterocycles. The summed E-state index contributed by atoms with van der Waals surface area (Å²) in [6.07, 6.45) is 4.88. The minimum Gasteiger partial charge on any atom is -0.383 e. The molecule has 78 valence electrons. The van der Waals surface area contributed by atoms with Crippen LogP contribution in [0.1, 0.15) is 18.9 Å². The fourth-order valence-corrected chi connectivity index (χ4v) is 1.26. The van der Waals surface area contributed by atoms with Crippen LogP contribution in [0.4, 0.5) is 5.69 Å². The summed E-state index contributed by atoms with van der Waals surface area (Å²) in [7, 11) is 0. The van der Waals surface area contributed by atoms with Gasteiger partial charge in [-0.05, 0) is 31.5 Å². The van der Waals surface area contributed by atoms with Crippen LogP contribution in [0.2, 0.25) is 0 Å². The van der Waals surface area contributed by atoms with Crippen molar-refractivity contribution in [2.24, 2.45) is 0 Å². The topological polar surface area (TPSA) is 37.0 Å². The maximum Gasteiger partial charge on any atom is 0.0401 e. The minimum atomic E-state index is 0.963. The van der Waals surface area contributed by atoms with Crippen molar-refractivity contribution in [1.29, 1.82) is 0 Å². The van der Waals surface area contributed by atoms with Crippen molar-refractivity contribution in [1.82, 2.24) is 10.3 Å². The van der Waals surface area contributed by atoms with Gasteiger partial charge < -0.3 is 10.6 Å². The van der Waals surface area contributed by atoms with Gasteiger partial charge in [0.1, 0.15) is 0 Å². The van der Waals surface area contributed by atoms with Crippen LogP contribution in [0.3, 0.4) is 0 Å². The highest BCUT2D eigenvalue weighted by Gasteiger charge is 1.94. The van der Waals surface area contributed by atoms with Gasteiger partial charge in [0, 0.05) is 31.2 Å². The molecule has 0 amide bonds. The molecule has 0 radical (unpaired) electrons. The Bertz CT molecular complexity index is 260. The lowest BCUT2D eigenvalue weighted by Gasteiger charge is -2.08. The standard InChI is InChI=1S/C11H19N3/c1-3-5-12-7-8-14-11-4-6-13-9-10(11)2/h4,6,9,12H,3,5,7-8H2,1-2H3,(H,13,14). The van der Waals surface area contributed by atoms with E-state index in [1.807, 2.05) is 18.5 Å². The van der Waals surface area contributed by atoms with Crippen LogP contribution in [0.5, 0.6) is 0 Å². The number of hydrogen-bond donors (Lipinski definition) is 2. The maximum absolute atomic E-state index is 4.05. The van der Waals surface area contributed by atoms with E-state index in [2.05, 4.69) is 29.5 Å². The highest BCUT2D eigenvalue weighted by molar-refractivity contribution is 5.48. The van der Waals surface area contributed by atoms with Gasteiger partial charge in [-0.1, -0.05) is 6.92 Å². The monoisotopic (exact) mass is 193 g/mol. The van der Waals surface area contributed by atoms with Gasteiger partial charge in [0.25, 0.3) is 0 Å². The van der Waals surface area contributed by atoms with Gasteiger partial charge in [-0.15, -0.1) is 0 Å². The van der Waals surface area contributed by atoms with Gasteiger partial charge in [0.2, 0.25) is 0 Å². The Hall–Kier alpha value is -1.09. The number of anilines is 1. The van der Waals surface area contributed by atoms with Crippen LogP contribution in [-0.4, -0.2) is 24.6 Å². The second kappa shape index (κ2) is 6.38. The SMILES string of the molecule is CCCNCCNc1ccncc1C. The van der Waals surface area contributed by atoms with Crippen LogP contribution in [0, 0.1) is 6.92 Å². The van der Waals surface area contributed by atoms with Crippen molar-refractivity contribution in [2.45, 2.75) is 20.3 Å². The highest BCUT2D eigenvalue weighted by Crippen LogP contribution is 2.10. The van der Waals surface area contributed by atoms with Crippen LogP contribution in [-0.2, 0) is 0 Å². The molecule has 3 nitrogen and oxygen atoms in total. The summed E-state index contributed by atoms with van der Waals surface area (Å²) in [6, 6.07) is 2.01. The summed E-state index contributed by atoms with van der Waals surface area (Å²) >= 11 is 0. The van der Waals surface area contributed by atoms with E-state index in [1.54, 1.807) is 0 Å². The average Bonchev–Trinajstić information content (AvgIpc) is 2.20. The summed E-state index contributed by atoms with van der Waals surface area (Å²) in [4.78, 5) is 4.05. The fraction of sp³-hybridized carbons (Fsp3) is 0.545. The molecule has 0 bridgehead atoms. The van der Waals surface area contributed by atoms with Gasteiger partial charge >= 0.3 is 0 Å². The number of hydrogen-bond acceptors (Lipinski definition) is 3. The molecule has 0 saturated heterocycles. The Kier molecular flexibility index (Phi) is 5.00. The molecule has 0 aromatic carbocycles. The lowest BCUT2D eigenvalue weighted by atomic mass is 10.2. The Morgan fingerprint density at radius 1 is 1.29 bits per heavy atom. The largest absolute Gasteiger partial charge is 0.383 e. The van der Waals surface area contributed by atoms with Crippen molar-refractivity contribution in [2.75, 3.05) is 25.0 Å². The van der Waals surface area contributed by atoms with E-state index in [9.17, 15) is 0 Å². The van der Waals surface area contributed by atoms with E-state index in [4.69, 9.17) is 0 Å². The van der Waals surface area contributed by atoms with Crippen LogP contribution < -0.4 is 10.6 Å². The van der Waals surface area contributed by atoms with Crippen LogP contribution >= 0.6 is 0 Å². The van der Waals surface area contributed by atoms with E-state index < -0.39 is 0 Å². The van der Waals surface area contributed by atoms with Gasteiger partial charge in [-0.3, -0.25) is 4.98 Å². The maximum atomic E-state index is 4.05. The van der Waals surface area contributed by atoms with Crippen LogP contribution in [0.15, 0.2) is 18.5 Å². The predicted molar refractivity (Wildman–Crippen MR) is 60.6 cm³/mol. The molecule has 1 rings (SSSR count). The summed E-state index contributed by atoms with van der Waals surface area (Å²) in [5, 5.41) is 6.72. The summed E-state index contributed by atoms with van der Waals surface area (Å²) in [6.45, 7) is 7.31. The first-order valence-corrected chi connectivity index (χ1v) is 5.19. The van der Waals surface area contributed by atoms with Crippen LogP contribution in [0.25, 0.3) is 0 Å². The van der Waals surface area contributed by atoms with Crippen molar-refractivity contribution >= 4 is 5.69 Å². The Morgan fingerprint density at radius 2 is 2.14 bits per heavy atom. The zero-order valence-electron chi connectivity index (χ0n) is 9.01. The second-order valence-electron chi connectivity index (χ2n) is 3.37. The number of nitrogens with one attached hydrogen (secondary N) is 2. The third-order valence-electron chi connectivity index (χ3n) is 2.06. The molecule has 1 aromatic heterocycles. The first-order chi connectivity index (χ1) is 6.84. The van der Waals surface area contributed by atoms with Crippen molar-refractivity contribution in [3.63, 3.8) is 0 Å². The van der Waals surface area contributed by atoms with Gasteiger partial charge in [0.05, 0.1) is 0 Å². The fourth-order valence-electron chi connectivity index (χ4n) is 1.26. The molecule has 0 saturated carbocycles. The van der Waals surface area contributed by atoms with E-state index in [-0.39, 0.29) is 0 Å². The van der Waals surface area contributed by atoms with Gasteiger partial charge in [-0.2, -0.15) is 0 Å². The molecule has 2 N–H and O–H groups in total. The normalized spacial score (nSPS) is 10.1. The first kappa shape index (κ1) is 11.0. The molecule has 1 aromatic rings. The Balaban J connectivity index is 2.21. The van der Waals surface area contributed by atoms with Crippen molar-refractivity contribution in [3.8, 4) is 0 Å². The Labute approximate surface area is 85.9 Å². The second-order valence-corrected chi connectivity index (χ2v) is 3.37. The number of aromatic nitrogens is 1. The third kappa shape index (κ3) is 3.75. The molecule has 0 aliphatic rings. The lowest BCUT2D eigenvalue weighted by molar-refractivity contribution is 0.687. The van der Waals surface area contributed by atoms with E-state index >= 15 is 0 Å². The van der Waals surface area contributed by atoms with Crippen molar-refractivity contribution in [3.05, 3.63) is 24.0 Å². The molecule has 0 aliphatic heterocycles. The highest BCUT2D eigenvalue weighted by atomic mass is 14.9. The number of pyridine rings is 1. The van der Waals surface area contributed by atoms with Gasteiger partial charge in [-0.25, -0.2) is 0 Å². The Morgan fingerprint density at radius 3 is 2.86 bits per heavy atom. The molecule has 0 unspecified atom stereocenters. The molecule has 14 heavy (non-hydrogen) atoms. The summed E-state index contributed by atoms with van der Waals surface area (Å²) in [5.74, 6) is 0. The number of aryl methyl sites for hydroxylation is 1. The number of rotatable bonds is 6. The zero-order valence-corrected chi connectivity index (χ0v) is 9.01. The molecule has 0 spiro atoms. The first-order valence-electron chi connectivity index (χ1n) is 5.19. The number of nitrogens with zero attached hydrogens (tertiary/aromatic N) is 1.